The van der Waals surface area contributed by atoms with E-state index >= 15 is 24.0 Å². The predicted molar refractivity (Wildman–Crippen MR) is 401 cm³/mol. The molecule has 0 aliphatic carbocycles. The fourth-order valence-electron chi connectivity index (χ4n) is 15.5. The molecule has 0 aromatic heterocycles. The maximum absolute atomic E-state index is 15.8. The topological polar surface area (TPSA) is 212 Å². The van der Waals surface area contributed by atoms with E-state index in [0.29, 0.717) is 95.6 Å². The zero-order valence-corrected chi connectivity index (χ0v) is 65.1. The lowest BCUT2D eigenvalue weighted by atomic mass is 9.94. The van der Waals surface area contributed by atoms with Crippen molar-refractivity contribution in [1.29, 1.82) is 0 Å². The van der Waals surface area contributed by atoms with Gasteiger partial charge in [-0.25, -0.2) is 33.6 Å². The van der Waals surface area contributed by atoms with E-state index in [1.54, 1.807) is 83.1 Å². The maximum Gasteiger partial charge on any atom is 0.339 e. The molecule has 7 aromatic rings. The molecule has 552 valence electrons. The molecule has 7 aromatic carbocycles. The molecule has 9 rings (SSSR count). The Hall–Kier alpha value is -8.94. The van der Waals surface area contributed by atoms with Crippen LogP contribution in [0.15, 0.2) is 84.9 Å². The second-order valence-corrected chi connectivity index (χ2v) is 30.1. The standard InChI is InChI=1S/C86H100O17S/c1-23-24-25-104-86-77(102-84(93)71-61(21)38-48(8)39-62(71)22)75(73(99-81(90)68-55(15)32-45(5)33-56(68)16)64(97-86)41-95-79(88)66-51(11)28-43(3)29-52(66)12)103-85-76(101-83(92)70-59(19)36-47(7)37-60(70)20)74(100-82(91)69-57(17)34-46(6)35-58(69)18)72(98-80(89)67-53(13)30-44(4)31-54(67)14)63(96-85)40-94-78(87)65-49(9)26-42(2)27-50(65)10/h26-39,63-64,72-77,85-86H,23-25,40-41H2,1-22H3/t63-,64-,72+,73+,74+,75+,76-,77-,85+,86+/m1/s1. The molecule has 17 nitrogen and oxygen atoms in total. The smallest absolute Gasteiger partial charge is 0.339 e. The molecule has 0 saturated carbocycles. The molecule has 2 saturated heterocycles. The Labute approximate surface area is 616 Å². The molecular weight excluding hydrogens is 1340 g/mol. The Morgan fingerprint density at radius 2 is 0.529 bits per heavy atom. The van der Waals surface area contributed by atoms with Crippen molar-refractivity contribution in [2.24, 2.45) is 0 Å². The van der Waals surface area contributed by atoms with Crippen molar-refractivity contribution < 1.29 is 80.9 Å². The number of ether oxygens (including phenoxy) is 10. The largest absolute Gasteiger partial charge is 0.459 e. The third-order valence-electron chi connectivity index (χ3n) is 19.4. The van der Waals surface area contributed by atoms with E-state index in [1.807, 2.05) is 154 Å². The van der Waals surface area contributed by atoms with Crippen molar-refractivity contribution in [3.63, 3.8) is 0 Å². The van der Waals surface area contributed by atoms with E-state index in [2.05, 4.69) is 0 Å². The van der Waals surface area contributed by atoms with Crippen LogP contribution in [-0.4, -0.2) is 121 Å². The number of unbranched alkanes of at least 4 members (excludes halogenated alkanes) is 1. The van der Waals surface area contributed by atoms with Gasteiger partial charge in [-0.3, -0.25) is 0 Å². The first-order chi connectivity index (χ1) is 49.0. The van der Waals surface area contributed by atoms with Crippen molar-refractivity contribution in [2.45, 2.75) is 226 Å². The van der Waals surface area contributed by atoms with Gasteiger partial charge in [-0.2, -0.15) is 0 Å². The number of hydrogen-bond acceptors (Lipinski definition) is 18. The highest BCUT2D eigenvalue weighted by Gasteiger charge is 2.59. The van der Waals surface area contributed by atoms with Gasteiger partial charge in [-0.05, 0) is 235 Å². The van der Waals surface area contributed by atoms with Crippen molar-refractivity contribution in [1.82, 2.24) is 0 Å². The number of aryl methyl sites for hydroxylation is 21. The number of rotatable bonds is 22. The number of carbonyl (C=O) groups excluding carboxylic acids is 7. The third-order valence-corrected chi connectivity index (χ3v) is 20.6. The molecule has 0 unspecified atom stereocenters. The number of benzene rings is 7. The van der Waals surface area contributed by atoms with Gasteiger partial charge in [0.15, 0.2) is 36.8 Å². The molecule has 18 heteroatoms. The summed E-state index contributed by atoms with van der Waals surface area (Å²) in [6.07, 6.45) is -14.7. The number of carbonyl (C=O) groups is 7. The van der Waals surface area contributed by atoms with Crippen LogP contribution in [0, 0.1) is 145 Å². The molecule has 2 fully saturated rings. The Balaban J connectivity index is 1.34. The first kappa shape index (κ1) is 79.2. The van der Waals surface area contributed by atoms with Crippen LogP contribution in [0.5, 0.6) is 0 Å². The van der Waals surface area contributed by atoms with Crippen LogP contribution >= 0.6 is 11.8 Å². The van der Waals surface area contributed by atoms with E-state index < -0.39 is 116 Å². The van der Waals surface area contributed by atoms with Crippen LogP contribution in [0.2, 0.25) is 0 Å². The van der Waals surface area contributed by atoms with Gasteiger partial charge in [-0.1, -0.05) is 137 Å². The average molecular weight is 1440 g/mol. The van der Waals surface area contributed by atoms with E-state index in [1.165, 1.54) is 11.8 Å². The van der Waals surface area contributed by atoms with Gasteiger partial charge in [0.1, 0.15) is 37.0 Å². The lowest BCUT2D eigenvalue weighted by Gasteiger charge is -2.49. The van der Waals surface area contributed by atoms with E-state index in [-0.39, 0.29) is 33.4 Å². The minimum atomic E-state index is -2.06. The maximum atomic E-state index is 15.8. The molecule has 0 bridgehead atoms. The molecular formula is C86H100O17S. The van der Waals surface area contributed by atoms with Gasteiger partial charge in [0, 0.05) is 0 Å². The van der Waals surface area contributed by atoms with Gasteiger partial charge >= 0.3 is 41.8 Å². The van der Waals surface area contributed by atoms with Gasteiger partial charge in [0.25, 0.3) is 0 Å². The summed E-state index contributed by atoms with van der Waals surface area (Å²) in [5.41, 5.74) is 14.4. The molecule has 2 aliphatic rings. The molecule has 0 amide bonds. The van der Waals surface area contributed by atoms with E-state index in [9.17, 15) is 9.59 Å². The highest BCUT2D eigenvalue weighted by atomic mass is 32.2. The van der Waals surface area contributed by atoms with Crippen LogP contribution in [0.3, 0.4) is 0 Å². The summed E-state index contributed by atoms with van der Waals surface area (Å²) in [7, 11) is 0. The summed E-state index contributed by atoms with van der Waals surface area (Å²) in [5, 5.41) is 0. The lowest BCUT2D eigenvalue weighted by Crippen LogP contribution is -2.67. The van der Waals surface area contributed by atoms with E-state index in [4.69, 9.17) is 47.4 Å². The van der Waals surface area contributed by atoms with Crippen molar-refractivity contribution in [2.75, 3.05) is 19.0 Å². The Bertz CT molecular complexity index is 4340. The Morgan fingerprint density at radius 1 is 0.298 bits per heavy atom. The SMILES string of the molecule is CCCCS[C@@H]1O[C@H](COC(=O)c2c(C)cc(C)cc2C)[C@H](OC(=O)c2c(C)cc(C)cc2C)[C@H](O[C@@H]2O[C@H](COC(=O)c3c(C)cc(C)cc3C)[C@H](OC(=O)c3c(C)cc(C)cc3C)[C@H](OC(=O)c3c(C)cc(C)cc3C)[C@H]2OC(=O)c2c(C)cc(C)cc2C)[C@H]1OC(=O)c1c(C)cc(C)cc1C. The number of hydrogen-bond donors (Lipinski definition) is 0. The van der Waals surface area contributed by atoms with Gasteiger partial charge in [-0.15, -0.1) is 11.8 Å². The van der Waals surface area contributed by atoms with Crippen molar-refractivity contribution >= 4 is 53.5 Å². The third kappa shape index (κ3) is 17.9. The molecule has 2 heterocycles. The van der Waals surface area contributed by atoms with Crippen molar-refractivity contribution in [3.05, 3.63) is 241 Å². The molecule has 0 N–H and O–H groups in total. The Kier molecular flexibility index (Phi) is 25.5. The van der Waals surface area contributed by atoms with Crippen LogP contribution in [0.1, 0.15) is 209 Å². The van der Waals surface area contributed by atoms with Crippen LogP contribution in [0.25, 0.3) is 0 Å². The van der Waals surface area contributed by atoms with Gasteiger partial charge < -0.3 is 47.4 Å². The zero-order chi connectivity index (χ0) is 76.2. The molecule has 10 atom stereocenters. The van der Waals surface area contributed by atoms with Gasteiger partial charge in [0.2, 0.25) is 0 Å². The first-order valence-electron chi connectivity index (χ1n) is 35.6. The van der Waals surface area contributed by atoms with Crippen LogP contribution in [0.4, 0.5) is 0 Å². The monoisotopic (exact) mass is 1440 g/mol. The quantitative estimate of drug-likeness (QED) is 0.0351. The minimum absolute atomic E-state index is 0.134. The summed E-state index contributed by atoms with van der Waals surface area (Å²) < 4.78 is 69.0. The average Bonchev–Trinajstić information content (AvgIpc) is 0.754. The minimum Gasteiger partial charge on any atom is -0.459 e. The predicted octanol–water partition coefficient (Wildman–Crippen LogP) is 16.7. The zero-order valence-electron chi connectivity index (χ0n) is 64.2. The number of thioether (sulfide) groups is 1. The van der Waals surface area contributed by atoms with Gasteiger partial charge in [0.05, 0.1) is 38.9 Å². The molecule has 2 aliphatic heterocycles. The highest BCUT2D eigenvalue weighted by molar-refractivity contribution is 7.99. The first-order valence-corrected chi connectivity index (χ1v) is 36.6. The fourth-order valence-corrected chi connectivity index (χ4v) is 16.8. The second kappa shape index (κ2) is 33.4. The van der Waals surface area contributed by atoms with Crippen LogP contribution < -0.4 is 0 Å². The molecule has 104 heavy (non-hydrogen) atoms. The summed E-state index contributed by atoms with van der Waals surface area (Å²) in [4.78, 5) is 108. The summed E-state index contributed by atoms with van der Waals surface area (Å²) in [6.45, 7) is 38.9. The second-order valence-electron chi connectivity index (χ2n) is 28.9. The highest BCUT2D eigenvalue weighted by Crippen LogP contribution is 2.41. The van der Waals surface area contributed by atoms with Crippen LogP contribution in [-0.2, 0) is 47.4 Å². The summed E-state index contributed by atoms with van der Waals surface area (Å²) in [5.74, 6) is -5.47. The summed E-state index contributed by atoms with van der Waals surface area (Å²) >= 11 is 1.28. The molecule has 0 radical (unpaired) electrons. The molecule has 0 spiro atoms. The summed E-state index contributed by atoms with van der Waals surface area (Å²) in [6, 6.07) is 25.7. The van der Waals surface area contributed by atoms with Crippen molar-refractivity contribution in [3.8, 4) is 0 Å². The number of esters is 7. The normalized spacial score (nSPS) is 20.1. The van der Waals surface area contributed by atoms with E-state index in [0.717, 1.165) is 45.4 Å². The Morgan fingerprint density at radius 3 is 0.808 bits per heavy atom. The fraction of sp³-hybridized carbons (Fsp3) is 0.430. The lowest BCUT2D eigenvalue weighted by molar-refractivity contribution is -0.334.